The summed E-state index contributed by atoms with van der Waals surface area (Å²) in [7, 11) is 0. The molecule has 3 N–H and O–H groups in total. The largest absolute Gasteiger partial charge is 0.335 e. The number of carbonyl (C=O) groups excluding carboxylic acids is 3. The maximum absolute atomic E-state index is 12.1. The molecule has 1 fully saturated rings. The number of aromatic nitrogens is 2. The first kappa shape index (κ1) is 15.7. The van der Waals surface area contributed by atoms with Gasteiger partial charge in [-0.2, -0.15) is 5.10 Å². The van der Waals surface area contributed by atoms with E-state index < -0.39 is 17.9 Å². The zero-order valence-electron chi connectivity index (χ0n) is 13.0. The van der Waals surface area contributed by atoms with Crippen LogP contribution in [-0.4, -0.2) is 33.7 Å². The van der Waals surface area contributed by atoms with Crippen molar-refractivity contribution in [2.75, 3.05) is 5.32 Å². The molecule has 2 atom stereocenters. The van der Waals surface area contributed by atoms with E-state index in [9.17, 15) is 14.4 Å². The molecule has 1 aromatic heterocycles. The smallest absolute Gasteiger partial charge is 0.321 e. The highest BCUT2D eigenvalue weighted by Gasteiger charge is 2.34. The van der Waals surface area contributed by atoms with Gasteiger partial charge in [-0.05, 0) is 37.3 Å². The highest BCUT2D eigenvalue weighted by atomic mass is 16.2. The first-order valence-electron chi connectivity index (χ1n) is 7.54. The van der Waals surface area contributed by atoms with Crippen LogP contribution in [0.4, 0.5) is 10.5 Å². The van der Waals surface area contributed by atoms with Gasteiger partial charge >= 0.3 is 6.03 Å². The predicted octanol–water partition coefficient (Wildman–Crippen LogP) is 1.04. The maximum Gasteiger partial charge on any atom is 0.321 e. The van der Waals surface area contributed by atoms with Crippen molar-refractivity contribution in [3.05, 3.63) is 42.7 Å². The topological polar surface area (TPSA) is 105 Å². The summed E-state index contributed by atoms with van der Waals surface area (Å²) in [6, 6.07) is 8.10. The Kier molecular flexibility index (Phi) is 4.28. The van der Waals surface area contributed by atoms with Crippen LogP contribution in [0.15, 0.2) is 42.7 Å². The lowest BCUT2D eigenvalue weighted by Crippen LogP contribution is -2.57. The van der Waals surface area contributed by atoms with Gasteiger partial charge in [0.25, 0.3) is 0 Å². The Morgan fingerprint density at radius 1 is 1.29 bits per heavy atom. The van der Waals surface area contributed by atoms with E-state index in [0.717, 1.165) is 5.69 Å². The standard InChI is InChI=1S/C16H17N5O3/c1-10-13(15(23)20-16(24)18-10)9-14(22)19-11-3-5-12(6-4-11)21-8-2-7-17-21/h2-8,10,13H,9H2,1H3,(H,19,22)(H2,18,20,23,24). The van der Waals surface area contributed by atoms with E-state index in [0.29, 0.717) is 5.69 Å². The molecule has 0 bridgehead atoms. The van der Waals surface area contributed by atoms with Crippen LogP contribution in [-0.2, 0) is 9.59 Å². The number of hydrogen-bond acceptors (Lipinski definition) is 4. The van der Waals surface area contributed by atoms with Gasteiger partial charge in [0.15, 0.2) is 0 Å². The molecule has 24 heavy (non-hydrogen) atoms. The first-order valence-corrected chi connectivity index (χ1v) is 7.54. The number of rotatable bonds is 4. The molecule has 0 aliphatic carbocycles. The molecule has 0 spiro atoms. The minimum absolute atomic E-state index is 0.00577. The van der Waals surface area contributed by atoms with E-state index in [4.69, 9.17) is 0 Å². The van der Waals surface area contributed by atoms with E-state index >= 15 is 0 Å². The Morgan fingerprint density at radius 2 is 2.04 bits per heavy atom. The van der Waals surface area contributed by atoms with Crippen molar-refractivity contribution < 1.29 is 14.4 Å². The summed E-state index contributed by atoms with van der Waals surface area (Å²) >= 11 is 0. The summed E-state index contributed by atoms with van der Waals surface area (Å²) in [5.41, 5.74) is 1.50. The minimum atomic E-state index is -0.592. The summed E-state index contributed by atoms with van der Waals surface area (Å²) in [6.45, 7) is 1.70. The molecule has 1 aromatic carbocycles. The van der Waals surface area contributed by atoms with Crippen LogP contribution in [0.25, 0.3) is 5.69 Å². The van der Waals surface area contributed by atoms with E-state index in [1.165, 1.54) is 0 Å². The molecule has 2 aromatic rings. The van der Waals surface area contributed by atoms with Gasteiger partial charge in [0.05, 0.1) is 11.6 Å². The van der Waals surface area contributed by atoms with Gasteiger partial charge in [-0.1, -0.05) is 0 Å². The number of hydrogen-bond donors (Lipinski definition) is 3. The second-order valence-electron chi connectivity index (χ2n) is 5.61. The lowest BCUT2D eigenvalue weighted by molar-refractivity contribution is -0.129. The second kappa shape index (κ2) is 6.53. The lowest BCUT2D eigenvalue weighted by atomic mass is 9.94. The number of imide groups is 1. The Hall–Kier alpha value is -3.16. The number of amides is 4. The molecule has 2 heterocycles. The van der Waals surface area contributed by atoms with Crippen LogP contribution in [0.1, 0.15) is 13.3 Å². The van der Waals surface area contributed by atoms with Gasteiger partial charge in [-0.25, -0.2) is 9.48 Å². The van der Waals surface area contributed by atoms with Gasteiger partial charge < -0.3 is 10.6 Å². The van der Waals surface area contributed by atoms with E-state index in [1.807, 2.05) is 24.4 Å². The summed E-state index contributed by atoms with van der Waals surface area (Å²) in [6.07, 6.45) is 3.50. The highest BCUT2D eigenvalue weighted by molar-refractivity contribution is 6.01. The molecule has 0 saturated carbocycles. The average molecular weight is 327 g/mol. The van der Waals surface area contributed by atoms with Crippen LogP contribution in [0.3, 0.4) is 0 Å². The summed E-state index contributed by atoms with van der Waals surface area (Å²) in [4.78, 5) is 35.1. The summed E-state index contributed by atoms with van der Waals surface area (Å²) in [5.74, 6) is -1.31. The molecule has 1 aliphatic rings. The normalized spacial score (nSPS) is 20.2. The molecular formula is C16H17N5O3. The highest BCUT2D eigenvalue weighted by Crippen LogP contribution is 2.16. The third-order valence-corrected chi connectivity index (χ3v) is 3.86. The van der Waals surface area contributed by atoms with Gasteiger partial charge in [-0.15, -0.1) is 0 Å². The van der Waals surface area contributed by atoms with Crippen molar-refractivity contribution in [2.45, 2.75) is 19.4 Å². The van der Waals surface area contributed by atoms with Crippen molar-refractivity contribution in [1.82, 2.24) is 20.4 Å². The van der Waals surface area contributed by atoms with Crippen LogP contribution < -0.4 is 16.0 Å². The molecular weight excluding hydrogens is 310 g/mol. The fourth-order valence-electron chi connectivity index (χ4n) is 2.58. The molecule has 8 nitrogen and oxygen atoms in total. The molecule has 124 valence electrons. The van der Waals surface area contributed by atoms with Crippen LogP contribution >= 0.6 is 0 Å². The van der Waals surface area contributed by atoms with Crippen molar-refractivity contribution in [1.29, 1.82) is 0 Å². The minimum Gasteiger partial charge on any atom is -0.335 e. The fraction of sp³-hybridized carbons (Fsp3) is 0.250. The number of carbonyl (C=O) groups is 3. The Labute approximate surface area is 138 Å². The van der Waals surface area contributed by atoms with Crippen molar-refractivity contribution >= 4 is 23.5 Å². The SMILES string of the molecule is CC1NC(=O)NC(=O)C1CC(=O)Nc1ccc(-n2cccn2)cc1. The lowest BCUT2D eigenvalue weighted by Gasteiger charge is -2.28. The monoisotopic (exact) mass is 327 g/mol. The molecule has 2 unspecified atom stereocenters. The molecule has 4 amide bonds. The summed E-state index contributed by atoms with van der Waals surface area (Å²) < 4.78 is 1.71. The van der Waals surface area contributed by atoms with E-state index in [2.05, 4.69) is 21.0 Å². The number of anilines is 1. The number of benzene rings is 1. The van der Waals surface area contributed by atoms with Crippen LogP contribution in [0.5, 0.6) is 0 Å². The van der Waals surface area contributed by atoms with Gasteiger partial charge in [0.2, 0.25) is 11.8 Å². The molecule has 1 aliphatic heterocycles. The fourth-order valence-corrected chi connectivity index (χ4v) is 2.58. The molecule has 1 saturated heterocycles. The first-order chi connectivity index (χ1) is 11.5. The third-order valence-electron chi connectivity index (χ3n) is 3.86. The Morgan fingerprint density at radius 3 is 2.67 bits per heavy atom. The molecule has 0 radical (unpaired) electrons. The van der Waals surface area contributed by atoms with Gasteiger partial charge in [0.1, 0.15) is 0 Å². The quantitative estimate of drug-likeness (QED) is 0.780. The van der Waals surface area contributed by atoms with Crippen molar-refractivity contribution in [3.8, 4) is 5.69 Å². The van der Waals surface area contributed by atoms with Crippen LogP contribution in [0.2, 0.25) is 0 Å². The van der Waals surface area contributed by atoms with Crippen LogP contribution in [0, 0.1) is 5.92 Å². The Balaban J connectivity index is 1.60. The van der Waals surface area contributed by atoms with E-state index in [1.54, 1.807) is 29.9 Å². The summed E-state index contributed by atoms with van der Waals surface area (Å²) in [5, 5.41) is 11.6. The van der Waals surface area contributed by atoms with Gasteiger partial charge in [-0.3, -0.25) is 14.9 Å². The van der Waals surface area contributed by atoms with Gasteiger partial charge in [0, 0.05) is 30.5 Å². The predicted molar refractivity (Wildman–Crippen MR) is 86.4 cm³/mol. The zero-order valence-corrected chi connectivity index (χ0v) is 13.0. The second-order valence-corrected chi connectivity index (χ2v) is 5.61. The van der Waals surface area contributed by atoms with E-state index in [-0.39, 0.29) is 18.4 Å². The van der Waals surface area contributed by atoms with Crippen molar-refractivity contribution in [2.24, 2.45) is 5.92 Å². The molecule has 8 heteroatoms. The Bertz CT molecular complexity index is 755. The average Bonchev–Trinajstić information content (AvgIpc) is 3.06. The maximum atomic E-state index is 12.1. The number of nitrogens with one attached hydrogen (secondary N) is 3. The van der Waals surface area contributed by atoms with Crippen molar-refractivity contribution in [3.63, 3.8) is 0 Å². The molecule has 3 rings (SSSR count). The number of nitrogens with zero attached hydrogens (tertiary/aromatic N) is 2. The third kappa shape index (κ3) is 3.43. The number of urea groups is 1. The zero-order chi connectivity index (χ0) is 17.1.